The van der Waals surface area contributed by atoms with Gasteiger partial charge in [0.2, 0.25) is 0 Å². The van der Waals surface area contributed by atoms with Crippen LogP contribution in [0, 0.1) is 5.92 Å². The lowest BCUT2D eigenvalue weighted by atomic mass is 9.95. The highest BCUT2D eigenvalue weighted by molar-refractivity contribution is 5.15. The smallest absolute Gasteiger partial charge is 0.0502 e. The van der Waals surface area contributed by atoms with Crippen LogP contribution in [-0.2, 0) is 4.74 Å². The number of rotatable bonds is 5. The fraction of sp³-hybridized carbons (Fsp3) is 0.643. The number of aromatic nitrogens is 1. The minimum absolute atomic E-state index is 0.313. The Morgan fingerprint density at radius 2 is 2.28 bits per heavy atom. The molecule has 0 spiro atoms. The van der Waals surface area contributed by atoms with Gasteiger partial charge < -0.3 is 10.5 Å². The van der Waals surface area contributed by atoms with Gasteiger partial charge in [-0.1, -0.05) is 0 Å². The van der Waals surface area contributed by atoms with Crippen molar-refractivity contribution in [2.24, 2.45) is 11.7 Å². The second-order valence-corrected chi connectivity index (χ2v) is 4.99. The van der Waals surface area contributed by atoms with Crippen molar-refractivity contribution in [1.82, 2.24) is 9.88 Å². The quantitative estimate of drug-likeness (QED) is 0.858. The van der Waals surface area contributed by atoms with Gasteiger partial charge in [-0.2, -0.15) is 0 Å². The third kappa shape index (κ3) is 3.28. The molecule has 18 heavy (non-hydrogen) atoms. The molecular formula is C14H23N3O. The first kappa shape index (κ1) is 13.5. The summed E-state index contributed by atoms with van der Waals surface area (Å²) in [4.78, 5) is 6.56. The summed E-state index contributed by atoms with van der Waals surface area (Å²) >= 11 is 0. The monoisotopic (exact) mass is 249 g/mol. The molecule has 4 nitrogen and oxygen atoms in total. The summed E-state index contributed by atoms with van der Waals surface area (Å²) in [6.45, 7) is 3.72. The molecule has 1 aromatic heterocycles. The Kier molecular flexibility index (Phi) is 5.11. The maximum Gasteiger partial charge on any atom is 0.0502 e. The molecular weight excluding hydrogens is 226 g/mol. The van der Waals surface area contributed by atoms with Crippen LogP contribution < -0.4 is 5.73 Å². The van der Waals surface area contributed by atoms with Crippen LogP contribution in [0.5, 0.6) is 0 Å². The molecule has 2 unspecified atom stereocenters. The van der Waals surface area contributed by atoms with E-state index in [1.54, 1.807) is 7.11 Å². The van der Waals surface area contributed by atoms with E-state index < -0.39 is 0 Å². The fourth-order valence-corrected chi connectivity index (χ4v) is 2.83. The SMILES string of the molecule is COCC1CCCN(C(CN)c2ccncc2)C1. The fourth-order valence-electron chi connectivity index (χ4n) is 2.83. The van der Waals surface area contributed by atoms with E-state index >= 15 is 0 Å². The molecule has 100 valence electrons. The highest BCUT2D eigenvalue weighted by Crippen LogP contribution is 2.26. The lowest BCUT2D eigenvalue weighted by molar-refractivity contribution is 0.0697. The van der Waals surface area contributed by atoms with Crippen molar-refractivity contribution in [3.05, 3.63) is 30.1 Å². The standard InChI is InChI=1S/C14H23N3O/c1-18-11-12-3-2-8-17(10-12)14(9-15)13-4-6-16-7-5-13/h4-7,12,14H,2-3,8-11,15H2,1H3. The van der Waals surface area contributed by atoms with Gasteiger partial charge in [-0.3, -0.25) is 9.88 Å². The Balaban J connectivity index is 2.03. The number of hydrogen-bond acceptors (Lipinski definition) is 4. The molecule has 0 radical (unpaired) electrons. The van der Waals surface area contributed by atoms with E-state index in [0.29, 0.717) is 18.5 Å². The summed E-state index contributed by atoms with van der Waals surface area (Å²) in [5.41, 5.74) is 7.23. The minimum atomic E-state index is 0.313. The van der Waals surface area contributed by atoms with E-state index in [2.05, 4.69) is 22.0 Å². The number of likely N-dealkylation sites (tertiary alicyclic amines) is 1. The third-order valence-corrected chi connectivity index (χ3v) is 3.71. The molecule has 1 aliphatic heterocycles. The first-order valence-electron chi connectivity index (χ1n) is 6.68. The Hall–Kier alpha value is -0.970. The highest BCUT2D eigenvalue weighted by atomic mass is 16.5. The van der Waals surface area contributed by atoms with Crippen LogP contribution in [0.15, 0.2) is 24.5 Å². The van der Waals surface area contributed by atoms with Crippen LogP contribution in [0.1, 0.15) is 24.4 Å². The molecule has 1 saturated heterocycles. The molecule has 2 atom stereocenters. The third-order valence-electron chi connectivity index (χ3n) is 3.71. The summed E-state index contributed by atoms with van der Waals surface area (Å²) < 4.78 is 5.28. The predicted octanol–water partition coefficient (Wildman–Crippen LogP) is 1.44. The number of piperidine rings is 1. The Bertz CT molecular complexity index is 342. The Morgan fingerprint density at radius 3 is 2.94 bits per heavy atom. The predicted molar refractivity (Wildman–Crippen MR) is 72.2 cm³/mol. The number of methoxy groups -OCH3 is 1. The van der Waals surface area contributed by atoms with E-state index in [-0.39, 0.29) is 0 Å². The molecule has 2 heterocycles. The number of ether oxygens (including phenoxy) is 1. The molecule has 1 fully saturated rings. The van der Waals surface area contributed by atoms with Gasteiger partial charge in [0.15, 0.2) is 0 Å². The van der Waals surface area contributed by atoms with E-state index in [1.807, 2.05) is 12.4 Å². The lowest BCUT2D eigenvalue weighted by Crippen LogP contribution is -2.42. The molecule has 2 rings (SSSR count). The number of hydrogen-bond donors (Lipinski definition) is 1. The van der Waals surface area contributed by atoms with Crippen LogP contribution >= 0.6 is 0 Å². The second kappa shape index (κ2) is 6.83. The zero-order valence-corrected chi connectivity index (χ0v) is 11.1. The molecule has 1 aromatic rings. The largest absolute Gasteiger partial charge is 0.384 e. The maximum absolute atomic E-state index is 5.96. The topological polar surface area (TPSA) is 51.4 Å². The van der Waals surface area contributed by atoms with Crippen LogP contribution in [0.4, 0.5) is 0 Å². The average Bonchev–Trinajstić information content (AvgIpc) is 2.42. The Labute approximate surface area is 109 Å². The van der Waals surface area contributed by atoms with Crippen LogP contribution in [0.2, 0.25) is 0 Å². The zero-order valence-electron chi connectivity index (χ0n) is 11.1. The van der Waals surface area contributed by atoms with Crippen LogP contribution in [-0.4, -0.2) is 43.2 Å². The maximum atomic E-state index is 5.96. The van der Waals surface area contributed by atoms with Crippen molar-refractivity contribution in [3.8, 4) is 0 Å². The van der Waals surface area contributed by atoms with Crippen molar-refractivity contribution in [3.63, 3.8) is 0 Å². The molecule has 0 aromatic carbocycles. The van der Waals surface area contributed by atoms with Crippen molar-refractivity contribution in [1.29, 1.82) is 0 Å². The van der Waals surface area contributed by atoms with Gasteiger partial charge >= 0.3 is 0 Å². The average molecular weight is 249 g/mol. The van der Waals surface area contributed by atoms with E-state index in [0.717, 1.165) is 19.7 Å². The molecule has 0 bridgehead atoms. The number of pyridine rings is 1. The lowest BCUT2D eigenvalue weighted by Gasteiger charge is -2.37. The van der Waals surface area contributed by atoms with Crippen LogP contribution in [0.3, 0.4) is 0 Å². The van der Waals surface area contributed by atoms with Gasteiger partial charge in [0.1, 0.15) is 0 Å². The molecule has 0 saturated carbocycles. The summed E-state index contributed by atoms with van der Waals surface area (Å²) in [6, 6.07) is 4.45. The van der Waals surface area contributed by atoms with Gasteiger partial charge in [0.25, 0.3) is 0 Å². The van der Waals surface area contributed by atoms with Gasteiger partial charge in [-0.15, -0.1) is 0 Å². The summed E-state index contributed by atoms with van der Waals surface area (Å²) in [5.74, 6) is 0.639. The molecule has 0 aliphatic carbocycles. The van der Waals surface area contributed by atoms with E-state index in [4.69, 9.17) is 10.5 Å². The molecule has 0 amide bonds. The zero-order chi connectivity index (χ0) is 12.8. The van der Waals surface area contributed by atoms with Crippen molar-refractivity contribution >= 4 is 0 Å². The van der Waals surface area contributed by atoms with Crippen molar-refractivity contribution < 1.29 is 4.74 Å². The first-order valence-corrected chi connectivity index (χ1v) is 6.68. The van der Waals surface area contributed by atoms with Crippen molar-refractivity contribution in [2.75, 3.05) is 33.4 Å². The van der Waals surface area contributed by atoms with Crippen LogP contribution in [0.25, 0.3) is 0 Å². The van der Waals surface area contributed by atoms with Gasteiger partial charge in [0, 0.05) is 38.6 Å². The molecule has 1 aliphatic rings. The molecule has 2 N–H and O–H groups in total. The van der Waals surface area contributed by atoms with E-state index in [9.17, 15) is 0 Å². The van der Waals surface area contributed by atoms with E-state index in [1.165, 1.54) is 18.4 Å². The van der Waals surface area contributed by atoms with Gasteiger partial charge in [0.05, 0.1) is 6.61 Å². The number of nitrogens with zero attached hydrogens (tertiary/aromatic N) is 2. The molecule has 4 heteroatoms. The van der Waals surface area contributed by atoms with Gasteiger partial charge in [-0.25, -0.2) is 0 Å². The summed E-state index contributed by atoms with van der Waals surface area (Å²) in [6.07, 6.45) is 6.18. The number of nitrogens with two attached hydrogens (primary N) is 1. The summed E-state index contributed by atoms with van der Waals surface area (Å²) in [5, 5.41) is 0. The minimum Gasteiger partial charge on any atom is -0.384 e. The highest BCUT2D eigenvalue weighted by Gasteiger charge is 2.25. The Morgan fingerprint density at radius 1 is 1.50 bits per heavy atom. The van der Waals surface area contributed by atoms with Crippen molar-refractivity contribution in [2.45, 2.75) is 18.9 Å². The normalized spacial score (nSPS) is 22.9. The first-order chi connectivity index (χ1) is 8.85. The second-order valence-electron chi connectivity index (χ2n) is 4.99. The van der Waals surface area contributed by atoms with Gasteiger partial charge in [-0.05, 0) is 43.0 Å². The summed E-state index contributed by atoms with van der Waals surface area (Å²) in [7, 11) is 1.78.